The summed E-state index contributed by atoms with van der Waals surface area (Å²) in [4.78, 5) is 0. The molecule has 0 amide bonds. The average Bonchev–Trinajstić information content (AvgIpc) is 2.03. The summed E-state index contributed by atoms with van der Waals surface area (Å²) in [6.07, 6.45) is 1.09. The van der Waals surface area contributed by atoms with E-state index in [0.29, 0.717) is 5.92 Å². The molecular weight excluding hydrogens is 143 g/mol. The molecule has 0 aliphatic heterocycles. The van der Waals surface area contributed by atoms with Crippen LogP contribution in [-0.2, 0) is 0 Å². The van der Waals surface area contributed by atoms with Gasteiger partial charge in [0.05, 0.1) is 0 Å². The Morgan fingerprint density at radius 2 is 2.08 bits per heavy atom. The second-order valence-corrected chi connectivity index (χ2v) is 2.88. The molecule has 1 unspecified atom stereocenters. The van der Waals surface area contributed by atoms with Crippen LogP contribution in [0, 0.1) is 0 Å². The summed E-state index contributed by atoms with van der Waals surface area (Å²) in [6, 6.07) is 7.14. The maximum atomic E-state index is 10.9. The average molecular weight is 156 g/mol. The van der Waals surface area contributed by atoms with Crippen molar-refractivity contribution in [3.8, 4) is 5.75 Å². The minimum Gasteiger partial charge on any atom is -0.872 e. The van der Waals surface area contributed by atoms with Gasteiger partial charge in [0, 0.05) is 0 Å². The normalized spacial score (nSPS) is 11.8. The summed E-state index contributed by atoms with van der Waals surface area (Å²) < 4.78 is 0. The zero-order chi connectivity index (χ0) is 8.27. The van der Waals surface area contributed by atoms with Crippen molar-refractivity contribution in [2.45, 2.75) is 26.2 Å². The fraction of sp³-hybridized carbons (Fsp3) is 0.400. The van der Waals surface area contributed by atoms with Gasteiger partial charge in [-0.15, -0.1) is 5.75 Å². The summed E-state index contributed by atoms with van der Waals surface area (Å²) in [7, 11) is 0. The van der Waals surface area contributed by atoms with Crippen LogP contribution in [0.2, 0.25) is 0 Å². The number of hydrogen-bond donors (Lipinski definition) is 0. The fourth-order valence-electron chi connectivity index (χ4n) is 1.06. The van der Waals surface area contributed by atoms with Gasteiger partial charge in [-0.2, -0.15) is 0 Å². The Morgan fingerprint density at radius 1 is 1.42 bits per heavy atom. The predicted octanol–water partition coefficient (Wildman–Crippen LogP) is -0.722. The third kappa shape index (κ3) is 2.93. The van der Waals surface area contributed by atoms with Crippen LogP contribution in [0.25, 0.3) is 0 Å². The standard InChI is InChI=1S/C10H14O.Li/c1-3-8(2)9-5-4-6-10(11)7-9;/h4-8,11H,3H2,1-2H3;/q;+1/p-1. The van der Waals surface area contributed by atoms with E-state index in [-0.39, 0.29) is 24.6 Å². The van der Waals surface area contributed by atoms with Gasteiger partial charge in [-0.3, -0.25) is 0 Å². The Morgan fingerprint density at radius 3 is 2.58 bits per heavy atom. The Hall–Kier alpha value is -0.383. The quantitative estimate of drug-likeness (QED) is 0.518. The van der Waals surface area contributed by atoms with Crippen LogP contribution < -0.4 is 24.0 Å². The van der Waals surface area contributed by atoms with Crippen LogP contribution in [0.1, 0.15) is 31.7 Å². The van der Waals surface area contributed by atoms with Crippen molar-refractivity contribution in [3.63, 3.8) is 0 Å². The molecular formula is C10H13LiO. The zero-order valence-electron chi connectivity index (χ0n) is 8.00. The van der Waals surface area contributed by atoms with E-state index < -0.39 is 0 Å². The molecule has 0 saturated heterocycles. The van der Waals surface area contributed by atoms with Gasteiger partial charge in [-0.1, -0.05) is 38.1 Å². The monoisotopic (exact) mass is 156 g/mol. The Bertz CT molecular complexity index is 235. The van der Waals surface area contributed by atoms with E-state index in [9.17, 15) is 5.11 Å². The molecule has 60 valence electrons. The second-order valence-electron chi connectivity index (χ2n) is 2.88. The number of rotatable bonds is 2. The molecule has 0 fully saturated rings. The third-order valence-electron chi connectivity index (χ3n) is 2.04. The van der Waals surface area contributed by atoms with Gasteiger partial charge in [0.15, 0.2) is 0 Å². The van der Waals surface area contributed by atoms with Crippen molar-refractivity contribution in [2.24, 2.45) is 0 Å². The van der Waals surface area contributed by atoms with Crippen LogP contribution >= 0.6 is 0 Å². The first-order chi connectivity index (χ1) is 5.24. The summed E-state index contributed by atoms with van der Waals surface area (Å²) >= 11 is 0. The molecule has 2 heteroatoms. The van der Waals surface area contributed by atoms with E-state index in [0.717, 1.165) is 12.0 Å². The van der Waals surface area contributed by atoms with E-state index >= 15 is 0 Å². The van der Waals surface area contributed by atoms with Crippen LogP contribution in [-0.4, -0.2) is 0 Å². The number of benzene rings is 1. The molecule has 1 rings (SSSR count). The van der Waals surface area contributed by atoms with Gasteiger partial charge >= 0.3 is 18.9 Å². The van der Waals surface area contributed by atoms with Crippen LogP contribution in [0.5, 0.6) is 5.75 Å². The van der Waals surface area contributed by atoms with Gasteiger partial charge in [0.25, 0.3) is 0 Å². The van der Waals surface area contributed by atoms with Gasteiger partial charge in [0.1, 0.15) is 0 Å². The molecule has 0 N–H and O–H groups in total. The summed E-state index contributed by atoms with van der Waals surface area (Å²) in [6.45, 7) is 4.26. The van der Waals surface area contributed by atoms with E-state index in [2.05, 4.69) is 13.8 Å². The minimum absolute atomic E-state index is 0. The van der Waals surface area contributed by atoms with Gasteiger partial charge < -0.3 is 5.11 Å². The van der Waals surface area contributed by atoms with Crippen molar-refractivity contribution in [3.05, 3.63) is 29.8 Å². The van der Waals surface area contributed by atoms with E-state index in [4.69, 9.17) is 0 Å². The summed E-state index contributed by atoms with van der Waals surface area (Å²) in [5.74, 6) is 0.617. The largest absolute Gasteiger partial charge is 1.00 e. The van der Waals surface area contributed by atoms with E-state index in [1.807, 2.05) is 12.1 Å². The number of hydrogen-bond acceptors (Lipinski definition) is 1. The molecule has 0 radical (unpaired) electrons. The van der Waals surface area contributed by atoms with Crippen molar-refractivity contribution in [2.75, 3.05) is 0 Å². The van der Waals surface area contributed by atoms with Crippen LogP contribution in [0.3, 0.4) is 0 Å². The molecule has 0 heterocycles. The van der Waals surface area contributed by atoms with Gasteiger partial charge in [-0.25, -0.2) is 0 Å². The van der Waals surface area contributed by atoms with E-state index in [1.165, 1.54) is 0 Å². The maximum absolute atomic E-state index is 10.9. The molecule has 12 heavy (non-hydrogen) atoms. The van der Waals surface area contributed by atoms with Crippen molar-refractivity contribution < 1.29 is 24.0 Å². The molecule has 0 spiro atoms. The molecule has 1 nitrogen and oxygen atoms in total. The minimum atomic E-state index is 0. The molecule has 1 aromatic rings. The van der Waals surface area contributed by atoms with Gasteiger partial charge in [0.2, 0.25) is 0 Å². The van der Waals surface area contributed by atoms with Crippen molar-refractivity contribution in [1.82, 2.24) is 0 Å². The first-order valence-electron chi connectivity index (χ1n) is 4.01. The summed E-state index contributed by atoms with van der Waals surface area (Å²) in [5.41, 5.74) is 1.15. The smallest absolute Gasteiger partial charge is 0.872 e. The molecule has 0 aliphatic carbocycles. The van der Waals surface area contributed by atoms with Crippen LogP contribution in [0.15, 0.2) is 24.3 Å². The predicted molar refractivity (Wildman–Crippen MR) is 44.6 cm³/mol. The Labute approximate surface area is 86.0 Å². The molecule has 1 atom stereocenters. The second kappa shape index (κ2) is 5.30. The van der Waals surface area contributed by atoms with E-state index in [1.54, 1.807) is 12.1 Å². The molecule has 1 aromatic carbocycles. The SMILES string of the molecule is CCC(C)c1cccc([O-])c1.[Li+]. The molecule has 0 bridgehead atoms. The van der Waals surface area contributed by atoms with Gasteiger partial charge in [-0.05, 0) is 17.9 Å². The summed E-state index contributed by atoms with van der Waals surface area (Å²) in [5, 5.41) is 10.9. The topological polar surface area (TPSA) is 23.1 Å². The van der Waals surface area contributed by atoms with Crippen molar-refractivity contribution >= 4 is 0 Å². The molecule has 0 saturated carbocycles. The van der Waals surface area contributed by atoms with Crippen LogP contribution in [0.4, 0.5) is 0 Å². The van der Waals surface area contributed by atoms with Crippen molar-refractivity contribution in [1.29, 1.82) is 0 Å². The first-order valence-corrected chi connectivity index (χ1v) is 4.01. The maximum Gasteiger partial charge on any atom is 1.00 e. The third-order valence-corrected chi connectivity index (χ3v) is 2.04. The zero-order valence-corrected chi connectivity index (χ0v) is 8.00. The fourth-order valence-corrected chi connectivity index (χ4v) is 1.06. The molecule has 0 aromatic heterocycles. The first kappa shape index (κ1) is 11.6. The molecule has 0 aliphatic rings. The Kier molecular flexibility index (Phi) is 5.13. The Balaban J connectivity index is 0.00000121.